The molecule has 4 atom stereocenters. The van der Waals surface area contributed by atoms with Gasteiger partial charge in [-0.15, -0.1) is 0 Å². The average Bonchev–Trinajstić information content (AvgIpc) is 2.74. The van der Waals surface area contributed by atoms with Gasteiger partial charge in [0.15, 0.2) is 0 Å². The van der Waals surface area contributed by atoms with Gasteiger partial charge in [0, 0.05) is 0 Å². The third-order valence-corrected chi connectivity index (χ3v) is 7.29. The third kappa shape index (κ3) is 14.3. The highest BCUT2D eigenvalue weighted by atomic mass is 19.0. The van der Waals surface area contributed by atoms with Crippen LogP contribution in [0, 0.1) is 0 Å². The van der Waals surface area contributed by atoms with Gasteiger partial charge in [0.05, 0.1) is 23.9 Å². The summed E-state index contributed by atoms with van der Waals surface area (Å²) in [6.07, 6.45) is 18.0. The van der Waals surface area contributed by atoms with Gasteiger partial charge >= 0.3 is 0 Å². The Hall–Kier alpha value is -0.340. The van der Waals surface area contributed by atoms with Crippen molar-refractivity contribution in [2.24, 2.45) is 5.73 Å². The quantitative estimate of drug-likeness (QED) is 0.103. The van der Waals surface area contributed by atoms with E-state index in [1.165, 1.54) is 83.5 Å². The van der Waals surface area contributed by atoms with Crippen molar-refractivity contribution in [3.8, 4) is 0 Å². The number of unbranched alkanes of at least 4 members (excludes halogenated alkanes) is 14. The summed E-state index contributed by atoms with van der Waals surface area (Å²) in [4.78, 5) is 1.73. The van der Waals surface area contributed by atoms with Crippen molar-refractivity contribution >= 4 is 0 Å². The minimum Gasteiger partial charge on any atom is -0.391 e. The number of rotatable bonds is 22. The first-order chi connectivity index (χ1) is 15.3. The zero-order valence-corrected chi connectivity index (χ0v) is 23.0. The maximum Gasteiger partial charge on any atom is 0.106 e. The maximum absolute atomic E-state index is 10.6. The van der Waals surface area contributed by atoms with Crippen molar-refractivity contribution in [1.29, 1.82) is 0 Å². The Morgan fingerprint density at radius 2 is 0.941 bits per heavy atom. The van der Waals surface area contributed by atoms with E-state index in [0.29, 0.717) is 12.8 Å². The molecule has 0 amide bonds. The molecule has 4 unspecified atom stereocenters. The molecular formula is C27H60F2N2O3. The van der Waals surface area contributed by atoms with E-state index >= 15 is 0 Å². The summed E-state index contributed by atoms with van der Waals surface area (Å²) in [5, 5.41) is 31.7. The lowest BCUT2D eigenvalue weighted by atomic mass is 9.79. The lowest BCUT2D eigenvalue weighted by Gasteiger charge is -2.52. The highest BCUT2D eigenvalue weighted by molar-refractivity contribution is 5.01. The van der Waals surface area contributed by atoms with Gasteiger partial charge in [-0.05, 0) is 33.6 Å². The van der Waals surface area contributed by atoms with Crippen LogP contribution in [0.5, 0.6) is 0 Å². The zero-order valence-electron chi connectivity index (χ0n) is 23.0. The molecule has 0 bridgehead atoms. The molecule has 0 aromatic carbocycles. The smallest absolute Gasteiger partial charge is 0.106 e. The third-order valence-electron chi connectivity index (χ3n) is 7.29. The van der Waals surface area contributed by atoms with Gasteiger partial charge in [-0.25, -0.2) is 0 Å². The van der Waals surface area contributed by atoms with E-state index in [9.17, 15) is 15.3 Å². The van der Waals surface area contributed by atoms with Gasteiger partial charge < -0.3 is 21.1 Å². The first-order valence-electron chi connectivity index (χ1n) is 13.8. The lowest BCUT2D eigenvalue weighted by molar-refractivity contribution is -0.172. The minimum absolute atomic E-state index is 0. The molecule has 0 saturated heterocycles. The van der Waals surface area contributed by atoms with Crippen LogP contribution in [-0.2, 0) is 0 Å². The topological polar surface area (TPSA) is 90.0 Å². The largest absolute Gasteiger partial charge is 0.391 e. The number of aliphatic hydroxyl groups excluding tert-OH is 3. The van der Waals surface area contributed by atoms with Crippen LogP contribution >= 0.6 is 0 Å². The SMILES string of the molecule is CCCCCCCCCCCCCCCCCC(C(C)O)(C(C)O)N(C(C)O)C(N)CC.F.F. The fourth-order valence-corrected chi connectivity index (χ4v) is 5.24. The number of hydrogen-bond acceptors (Lipinski definition) is 5. The van der Waals surface area contributed by atoms with Crippen molar-refractivity contribution < 1.29 is 24.7 Å². The highest BCUT2D eigenvalue weighted by Crippen LogP contribution is 2.34. The number of nitrogens with two attached hydrogens (primary N) is 1. The van der Waals surface area contributed by atoms with Crippen LogP contribution in [0.25, 0.3) is 0 Å². The number of aliphatic hydroxyl groups is 3. The summed E-state index contributed by atoms with van der Waals surface area (Å²) in [5.41, 5.74) is 5.35. The second-order valence-corrected chi connectivity index (χ2v) is 10.1. The Labute approximate surface area is 209 Å². The van der Waals surface area contributed by atoms with Crippen molar-refractivity contribution in [3.63, 3.8) is 0 Å². The van der Waals surface area contributed by atoms with Crippen LogP contribution in [0.3, 0.4) is 0 Å². The first-order valence-corrected chi connectivity index (χ1v) is 13.8. The molecule has 7 heteroatoms. The Kier molecular flexibility index (Phi) is 25.9. The van der Waals surface area contributed by atoms with Gasteiger partial charge in [-0.3, -0.25) is 14.3 Å². The van der Waals surface area contributed by atoms with Crippen molar-refractivity contribution in [1.82, 2.24) is 4.90 Å². The second kappa shape index (κ2) is 23.1. The predicted molar refractivity (Wildman–Crippen MR) is 142 cm³/mol. The summed E-state index contributed by atoms with van der Waals surface area (Å²) in [7, 11) is 0. The Bertz CT molecular complexity index is 419. The van der Waals surface area contributed by atoms with Crippen LogP contribution in [0.2, 0.25) is 0 Å². The van der Waals surface area contributed by atoms with Gasteiger partial charge in [-0.1, -0.05) is 110 Å². The molecule has 5 N–H and O–H groups in total. The molecule has 0 rings (SSSR count). The van der Waals surface area contributed by atoms with Crippen molar-refractivity contribution in [3.05, 3.63) is 0 Å². The standard InChI is InChI=1S/C27H58N2O3.2FH/c1-6-8-9-10-11-12-13-14-15-16-17-18-19-20-21-22-27(23(3)30,24(4)31)29(25(5)32)26(28)7-2;;/h23-26,30-32H,6-22,28H2,1-5H3;2*1H. The van der Waals surface area contributed by atoms with E-state index in [1.807, 2.05) is 6.92 Å². The maximum atomic E-state index is 10.6. The molecule has 0 fully saturated rings. The molecule has 0 aromatic rings. The molecule has 0 aliphatic rings. The summed E-state index contributed by atoms with van der Waals surface area (Å²) in [6, 6.07) is 0. The normalized spacial score (nSPS) is 16.8. The average molecular weight is 499 g/mol. The zero-order chi connectivity index (χ0) is 24.4. The highest BCUT2D eigenvalue weighted by Gasteiger charge is 2.48. The van der Waals surface area contributed by atoms with Gasteiger partial charge in [0.25, 0.3) is 0 Å². The monoisotopic (exact) mass is 498 g/mol. The summed E-state index contributed by atoms with van der Waals surface area (Å²) in [5.74, 6) is 0. The fourth-order valence-electron chi connectivity index (χ4n) is 5.24. The molecule has 0 saturated carbocycles. The van der Waals surface area contributed by atoms with Crippen LogP contribution in [-0.4, -0.2) is 50.4 Å². The van der Waals surface area contributed by atoms with Crippen LogP contribution in [0.4, 0.5) is 9.41 Å². The van der Waals surface area contributed by atoms with E-state index < -0.39 is 30.1 Å². The number of hydrogen-bond donors (Lipinski definition) is 4. The van der Waals surface area contributed by atoms with E-state index in [4.69, 9.17) is 5.73 Å². The molecule has 0 aliphatic carbocycles. The lowest BCUT2D eigenvalue weighted by Crippen LogP contribution is -2.69. The number of halogens is 2. The minimum atomic E-state index is -0.930. The molecule has 0 aliphatic heterocycles. The van der Waals surface area contributed by atoms with Crippen molar-refractivity contribution in [2.75, 3.05) is 0 Å². The molecule has 34 heavy (non-hydrogen) atoms. The molecule has 0 heterocycles. The molecular weight excluding hydrogens is 438 g/mol. The van der Waals surface area contributed by atoms with Gasteiger partial charge in [0.2, 0.25) is 0 Å². The van der Waals surface area contributed by atoms with E-state index in [2.05, 4.69) is 6.92 Å². The molecule has 0 aromatic heterocycles. The molecule has 0 radical (unpaired) electrons. The molecule has 5 nitrogen and oxygen atoms in total. The first kappa shape index (κ1) is 38.2. The Morgan fingerprint density at radius 3 is 1.21 bits per heavy atom. The van der Waals surface area contributed by atoms with Crippen molar-refractivity contribution in [2.45, 2.75) is 174 Å². The summed E-state index contributed by atoms with van der Waals surface area (Å²) < 4.78 is 0. The summed E-state index contributed by atoms with van der Waals surface area (Å²) in [6.45, 7) is 9.31. The van der Waals surface area contributed by atoms with Crippen LogP contribution in [0.1, 0.15) is 144 Å². The van der Waals surface area contributed by atoms with E-state index in [0.717, 1.165) is 12.8 Å². The van der Waals surface area contributed by atoms with Gasteiger partial charge in [-0.2, -0.15) is 0 Å². The Morgan fingerprint density at radius 1 is 0.618 bits per heavy atom. The van der Waals surface area contributed by atoms with E-state index in [-0.39, 0.29) is 9.41 Å². The molecule has 210 valence electrons. The summed E-state index contributed by atoms with van der Waals surface area (Å²) >= 11 is 0. The second-order valence-electron chi connectivity index (χ2n) is 10.1. The Balaban J connectivity index is -0.00000480. The van der Waals surface area contributed by atoms with Crippen LogP contribution < -0.4 is 5.73 Å². The fraction of sp³-hybridized carbons (Fsp3) is 1.00. The van der Waals surface area contributed by atoms with E-state index in [1.54, 1.807) is 25.7 Å². The predicted octanol–water partition coefficient (Wildman–Crippen LogP) is 6.39. The molecule has 0 spiro atoms. The van der Waals surface area contributed by atoms with Gasteiger partial charge in [0.1, 0.15) is 6.23 Å². The number of nitrogens with zero attached hydrogens (tertiary/aromatic N) is 1. The van der Waals surface area contributed by atoms with Crippen LogP contribution in [0.15, 0.2) is 0 Å².